The van der Waals surface area contributed by atoms with E-state index in [-0.39, 0.29) is 0 Å². The Morgan fingerprint density at radius 1 is 1.17 bits per heavy atom. The summed E-state index contributed by atoms with van der Waals surface area (Å²) in [5.41, 5.74) is 0.528. The fraction of sp³-hybridized carbons (Fsp3) is 1.00. The zero-order chi connectivity index (χ0) is 12.8. The third-order valence-corrected chi connectivity index (χ3v) is 4.86. The first-order valence-corrected chi connectivity index (χ1v) is 7.68. The van der Waals surface area contributed by atoms with E-state index in [0.717, 1.165) is 19.3 Å². The van der Waals surface area contributed by atoms with Gasteiger partial charge in [-0.2, -0.15) is 0 Å². The van der Waals surface area contributed by atoms with E-state index in [0.29, 0.717) is 5.41 Å². The Bertz CT molecular complexity index is 227. The SMILES string of the molecule is CNCC1(CN(C)C2CCOCC2)CCCCC1. The minimum atomic E-state index is 0.528. The van der Waals surface area contributed by atoms with Gasteiger partial charge < -0.3 is 15.0 Å². The summed E-state index contributed by atoms with van der Waals surface area (Å²) in [6.45, 7) is 4.35. The molecule has 2 fully saturated rings. The van der Waals surface area contributed by atoms with E-state index in [9.17, 15) is 0 Å². The molecule has 1 saturated heterocycles. The van der Waals surface area contributed by atoms with Gasteiger partial charge in [0.25, 0.3) is 0 Å². The number of nitrogens with one attached hydrogen (secondary N) is 1. The smallest absolute Gasteiger partial charge is 0.0480 e. The van der Waals surface area contributed by atoms with E-state index in [1.807, 2.05) is 0 Å². The predicted molar refractivity (Wildman–Crippen MR) is 75.9 cm³/mol. The quantitative estimate of drug-likeness (QED) is 0.814. The number of hydrogen-bond donors (Lipinski definition) is 1. The van der Waals surface area contributed by atoms with Crippen molar-refractivity contribution in [2.45, 2.75) is 51.0 Å². The number of nitrogens with zero attached hydrogens (tertiary/aromatic N) is 1. The van der Waals surface area contributed by atoms with Gasteiger partial charge in [-0.25, -0.2) is 0 Å². The van der Waals surface area contributed by atoms with Crippen molar-refractivity contribution in [2.75, 3.05) is 40.4 Å². The summed E-state index contributed by atoms with van der Waals surface area (Å²) < 4.78 is 5.47. The van der Waals surface area contributed by atoms with Gasteiger partial charge >= 0.3 is 0 Å². The lowest BCUT2D eigenvalue weighted by molar-refractivity contribution is 0.0199. The molecule has 106 valence electrons. The highest BCUT2D eigenvalue weighted by atomic mass is 16.5. The highest BCUT2D eigenvalue weighted by molar-refractivity contribution is 4.88. The predicted octanol–water partition coefficient (Wildman–Crippen LogP) is 2.27. The van der Waals surface area contributed by atoms with Crippen LogP contribution < -0.4 is 5.32 Å². The molecule has 18 heavy (non-hydrogen) atoms. The second kappa shape index (κ2) is 6.88. The molecular formula is C15H30N2O. The molecule has 1 saturated carbocycles. The summed E-state index contributed by atoms with van der Waals surface area (Å²) in [4.78, 5) is 2.62. The number of rotatable bonds is 5. The summed E-state index contributed by atoms with van der Waals surface area (Å²) in [5, 5.41) is 3.44. The van der Waals surface area contributed by atoms with Gasteiger partial charge in [0.2, 0.25) is 0 Å². The molecule has 1 heterocycles. The zero-order valence-corrected chi connectivity index (χ0v) is 12.2. The fourth-order valence-electron chi connectivity index (χ4n) is 3.85. The summed E-state index contributed by atoms with van der Waals surface area (Å²) in [6.07, 6.45) is 9.51. The first-order chi connectivity index (χ1) is 8.76. The normalized spacial score (nSPS) is 25.5. The highest BCUT2D eigenvalue weighted by Crippen LogP contribution is 2.37. The zero-order valence-electron chi connectivity index (χ0n) is 12.2. The Labute approximate surface area is 112 Å². The van der Waals surface area contributed by atoms with Gasteiger partial charge in [-0.1, -0.05) is 19.3 Å². The van der Waals surface area contributed by atoms with Crippen molar-refractivity contribution in [3.8, 4) is 0 Å². The van der Waals surface area contributed by atoms with E-state index in [4.69, 9.17) is 4.74 Å². The standard InChI is InChI=1S/C15H30N2O/c1-16-12-15(8-4-3-5-9-15)13-17(2)14-6-10-18-11-7-14/h14,16H,3-13H2,1-2H3. The lowest BCUT2D eigenvalue weighted by atomic mass is 9.73. The molecule has 3 heteroatoms. The highest BCUT2D eigenvalue weighted by Gasteiger charge is 2.34. The van der Waals surface area contributed by atoms with Gasteiger partial charge in [0.15, 0.2) is 0 Å². The van der Waals surface area contributed by atoms with Crippen LogP contribution in [0, 0.1) is 5.41 Å². The molecule has 0 aromatic rings. The Kier molecular flexibility index (Phi) is 5.46. The third-order valence-electron chi connectivity index (χ3n) is 4.86. The molecule has 0 bridgehead atoms. The van der Waals surface area contributed by atoms with Crippen LogP contribution in [0.5, 0.6) is 0 Å². The van der Waals surface area contributed by atoms with Crippen molar-refractivity contribution in [1.29, 1.82) is 0 Å². The second-order valence-electron chi connectivity index (χ2n) is 6.35. The van der Waals surface area contributed by atoms with Crippen molar-refractivity contribution < 1.29 is 4.74 Å². The van der Waals surface area contributed by atoms with Gasteiger partial charge in [-0.15, -0.1) is 0 Å². The van der Waals surface area contributed by atoms with Crippen LogP contribution in [0.4, 0.5) is 0 Å². The van der Waals surface area contributed by atoms with E-state index >= 15 is 0 Å². The summed E-state index contributed by atoms with van der Waals surface area (Å²) in [7, 11) is 4.42. The van der Waals surface area contributed by atoms with Crippen LogP contribution in [0.15, 0.2) is 0 Å². The molecule has 0 atom stereocenters. The van der Waals surface area contributed by atoms with Crippen molar-refractivity contribution in [3.63, 3.8) is 0 Å². The Hall–Kier alpha value is -0.120. The van der Waals surface area contributed by atoms with Crippen molar-refractivity contribution >= 4 is 0 Å². The lowest BCUT2D eigenvalue weighted by Crippen LogP contribution is -2.47. The average Bonchev–Trinajstić information content (AvgIpc) is 2.41. The van der Waals surface area contributed by atoms with Gasteiger partial charge in [-0.3, -0.25) is 0 Å². The molecule has 0 spiro atoms. The lowest BCUT2D eigenvalue weighted by Gasteiger charge is -2.43. The molecule has 0 amide bonds. The van der Waals surface area contributed by atoms with E-state index in [1.54, 1.807) is 0 Å². The van der Waals surface area contributed by atoms with Gasteiger partial charge in [0.05, 0.1) is 0 Å². The Morgan fingerprint density at radius 2 is 1.83 bits per heavy atom. The van der Waals surface area contributed by atoms with Crippen LogP contribution in [0.2, 0.25) is 0 Å². The van der Waals surface area contributed by atoms with Crippen molar-refractivity contribution in [2.24, 2.45) is 5.41 Å². The summed E-state index contributed by atoms with van der Waals surface area (Å²) in [5.74, 6) is 0. The molecule has 0 radical (unpaired) electrons. The van der Waals surface area contributed by atoms with Crippen LogP contribution in [0.3, 0.4) is 0 Å². The van der Waals surface area contributed by atoms with Crippen LogP contribution in [-0.4, -0.2) is 51.3 Å². The minimum Gasteiger partial charge on any atom is -0.381 e. The first kappa shape index (κ1) is 14.3. The van der Waals surface area contributed by atoms with Crippen molar-refractivity contribution in [3.05, 3.63) is 0 Å². The number of ether oxygens (including phenoxy) is 1. The first-order valence-electron chi connectivity index (χ1n) is 7.68. The van der Waals surface area contributed by atoms with Gasteiger partial charge in [0, 0.05) is 32.3 Å². The fourth-order valence-corrected chi connectivity index (χ4v) is 3.85. The average molecular weight is 254 g/mol. The number of hydrogen-bond acceptors (Lipinski definition) is 3. The Morgan fingerprint density at radius 3 is 2.44 bits per heavy atom. The molecule has 1 aliphatic carbocycles. The second-order valence-corrected chi connectivity index (χ2v) is 6.35. The molecule has 0 aromatic carbocycles. The maximum Gasteiger partial charge on any atom is 0.0480 e. The minimum absolute atomic E-state index is 0.528. The molecule has 0 unspecified atom stereocenters. The van der Waals surface area contributed by atoms with E-state index in [2.05, 4.69) is 24.3 Å². The largest absolute Gasteiger partial charge is 0.381 e. The molecule has 1 N–H and O–H groups in total. The topological polar surface area (TPSA) is 24.5 Å². The van der Waals surface area contributed by atoms with E-state index in [1.165, 1.54) is 58.0 Å². The molecule has 2 rings (SSSR count). The molecule has 2 aliphatic rings. The van der Waals surface area contributed by atoms with Crippen molar-refractivity contribution in [1.82, 2.24) is 10.2 Å². The third kappa shape index (κ3) is 3.69. The monoisotopic (exact) mass is 254 g/mol. The molecular weight excluding hydrogens is 224 g/mol. The van der Waals surface area contributed by atoms with Crippen LogP contribution in [-0.2, 0) is 4.74 Å². The van der Waals surface area contributed by atoms with Gasteiger partial charge in [0.1, 0.15) is 0 Å². The van der Waals surface area contributed by atoms with Crippen LogP contribution in [0.1, 0.15) is 44.9 Å². The molecule has 3 nitrogen and oxygen atoms in total. The molecule has 1 aliphatic heterocycles. The Balaban J connectivity index is 1.90. The van der Waals surface area contributed by atoms with Crippen LogP contribution in [0.25, 0.3) is 0 Å². The molecule has 0 aromatic heterocycles. The van der Waals surface area contributed by atoms with Gasteiger partial charge in [-0.05, 0) is 45.2 Å². The van der Waals surface area contributed by atoms with E-state index < -0.39 is 0 Å². The maximum absolute atomic E-state index is 5.47. The summed E-state index contributed by atoms with van der Waals surface area (Å²) in [6, 6.07) is 0.745. The summed E-state index contributed by atoms with van der Waals surface area (Å²) >= 11 is 0. The maximum atomic E-state index is 5.47. The van der Waals surface area contributed by atoms with Crippen LogP contribution >= 0.6 is 0 Å².